The van der Waals surface area contributed by atoms with E-state index in [9.17, 15) is 9.59 Å². The Kier molecular flexibility index (Phi) is 10.2. The molecule has 0 rings (SSSR count). The Labute approximate surface area is 116 Å². The van der Waals surface area contributed by atoms with Gasteiger partial charge in [0.2, 0.25) is 5.91 Å². The molecule has 0 bridgehead atoms. The lowest BCUT2D eigenvalue weighted by molar-refractivity contribution is -0.121. The maximum atomic E-state index is 11.5. The van der Waals surface area contributed by atoms with Crippen LogP contribution in [0.5, 0.6) is 0 Å². The summed E-state index contributed by atoms with van der Waals surface area (Å²) in [5.41, 5.74) is 0. The number of imide groups is 1. The van der Waals surface area contributed by atoms with Crippen LogP contribution in [0.2, 0.25) is 0 Å². The lowest BCUT2D eigenvalue weighted by Crippen LogP contribution is -2.47. The van der Waals surface area contributed by atoms with Gasteiger partial charge in [0.25, 0.3) is 0 Å². The van der Waals surface area contributed by atoms with Crippen molar-refractivity contribution in [2.45, 2.75) is 58.9 Å². The van der Waals surface area contributed by atoms with Crippen LogP contribution in [0.3, 0.4) is 0 Å². The van der Waals surface area contributed by atoms with Gasteiger partial charge < -0.3 is 10.6 Å². The molecule has 3 N–H and O–H groups in total. The number of carbonyl (C=O) groups excluding carboxylic acids is 2. The second-order valence-electron chi connectivity index (χ2n) is 5.34. The van der Waals surface area contributed by atoms with E-state index < -0.39 is 6.03 Å². The molecule has 112 valence electrons. The van der Waals surface area contributed by atoms with E-state index in [-0.39, 0.29) is 11.9 Å². The zero-order valence-electron chi connectivity index (χ0n) is 12.7. The molecule has 1 atom stereocenters. The Morgan fingerprint density at radius 2 is 1.63 bits per heavy atom. The Balaban J connectivity index is 3.50. The Bertz CT molecular complexity index is 267. The minimum atomic E-state index is -0.465. The van der Waals surface area contributed by atoms with Crippen molar-refractivity contribution in [3.05, 3.63) is 0 Å². The van der Waals surface area contributed by atoms with E-state index in [2.05, 4.69) is 29.8 Å². The van der Waals surface area contributed by atoms with Crippen molar-refractivity contribution >= 4 is 11.9 Å². The second-order valence-corrected chi connectivity index (χ2v) is 5.34. The van der Waals surface area contributed by atoms with Crippen LogP contribution in [-0.2, 0) is 4.79 Å². The van der Waals surface area contributed by atoms with E-state index in [0.717, 1.165) is 18.9 Å². The van der Waals surface area contributed by atoms with E-state index in [0.29, 0.717) is 0 Å². The van der Waals surface area contributed by atoms with Crippen molar-refractivity contribution in [1.29, 1.82) is 0 Å². The third kappa shape index (κ3) is 10.5. The number of amides is 3. The molecule has 0 aliphatic rings. The monoisotopic (exact) mass is 271 g/mol. The molecule has 0 aromatic carbocycles. The number of nitrogens with one attached hydrogen (secondary N) is 3. The molecule has 0 aliphatic carbocycles. The van der Waals surface area contributed by atoms with Crippen LogP contribution >= 0.6 is 0 Å². The van der Waals surface area contributed by atoms with Crippen molar-refractivity contribution in [3.8, 4) is 0 Å². The van der Waals surface area contributed by atoms with Crippen LogP contribution in [0.25, 0.3) is 0 Å². The molecule has 19 heavy (non-hydrogen) atoms. The summed E-state index contributed by atoms with van der Waals surface area (Å²) in [5.74, 6) is 0.491. The standard InChI is InChI=1S/C14H29N3O2/c1-11(2)9-7-5-6-8-10-16-12(3)13(18)17-14(19)15-4/h11-12,16H,5-10H2,1-4H3,(H2,15,17,18,19). The third-order valence-corrected chi connectivity index (χ3v) is 3.02. The van der Waals surface area contributed by atoms with Gasteiger partial charge in [0, 0.05) is 7.05 Å². The lowest BCUT2D eigenvalue weighted by atomic mass is 10.0. The van der Waals surface area contributed by atoms with Gasteiger partial charge in [-0.05, 0) is 25.8 Å². The summed E-state index contributed by atoms with van der Waals surface area (Å²) in [7, 11) is 1.48. The van der Waals surface area contributed by atoms with Crippen molar-refractivity contribution in [2.24, 2.45) is 5.92 Å². The van der Waals surface area contributed by atoms with Crippen molar-refractivity contribution in [2.75, 3.05) is 13.6 Å². The molecule has 0 fully saturated rings. The number of carbonyl (C=O) groups is 2. The first-order chi connectivity index (χ1) is 8.97. The second kappa shape index (κ2) is 10.8. The van der Waals surface area contributed by atoms with E-state index >= 15 is 0 Å². The van der Waals surface area contributed by atoms with Gasteiger partial charge in [0.15, 0.2) is 0 Å². The highest BCUT2D eigenvalue weighted by molar-refractivity contribution is 5.96. The number of rotatable bonds is 9. The molecule has 3 amide bonds. The average molecular weight is 271 g/mol. The fraction of sp³-hybridized carbons (Fsp3) is 0.857. The molecule has 1 unspecified atom stereocenters. The molecule has 0 saturated heterocycles. The summed E-state index contributed by atoms with van der Waals surface area (Å²) in [5, 5.41) is 7.72. The van der Waals surface area contributed by atoms with E-state index in [1.807, 2.05) is 0 Å². The zero-order chi connectivity index (χ0) is 14.7. The van der Waals surface area contributed by atoms with E-state index in [4.69, 9.17) is 0 Å². The van der Waals surface area contributed by atoms with Crippen molar-refractivity contribution in [1.82, 2.24) is 16.0 Å². The molecule has 0 aromatic heterocycles. The van der Waals surface area contributed by atoms with Crippen molar-refractivity contribution in [3.63, 3.8) is 0 Å². The summed E-state index contributed by atoms with van der Waals surface area (Å²) in [6, 6.07) is -0.805. The normalized spacial score (nSPS) is 12.3. The first-order valence-electron chi connectivity index (χ1n) is 7.23. The van der Waals surface area contributed by atoms with Gasteiger partial charge in [-0.15, -0.1) is 0 Å². The summed E-state index contributed by atoms with van der Waals surface area (Å²) in [6.45, 7) is 7.06. The van der Waals surface area contributed by atoms with Gasteiger partial charge in [-0.3, -0.25) is 10.1 Å². The quantitative estimate of drug-likeness (QED) is 0.562. The topological polar surface area (TPSA) is 70.2 Å². The van der Waals surface area contributed by atoms with Crippen molar-refractivity contribution < 1.29 is 9.59 Å². The Hall–Kier alpha value is -1.10. The van der Waals surface area contributed by atoms with Crippen LogP contribution in [0.15, 0.2) is 0 Å². The predicted molar refractivity (Wildman–Crippen MR) is 78.0 cm³/mol. The van der Waals surface area contributed by atoms with Gasteiger partial charge in [-0.2, -0.15) is 0 Å². The number of urea groups is 1. The van der Waals surface area contributed by atoms with Crippen LogP contribution in [0.4, 0.5) is 4.79 Å². The average Bonchev–Trinajstić information content (AvgIpc) is 2.36. The Morgan fingerprint density at radius 3 is 2.21 bits per heavy atom. The fourth-order valence-corrected chi connectivity index (χ4v) is 1.73. The number of hydrogen-bond donors (Lipinski definition) is 3. The largest absolute Gasteiger partial charge is 0.341 e. The summed E-state index contributed by atoms with van der Waals surface area (Å²) in [4.78, 5) is 22.5. The molecule has 0 aromatic rings. The molecule has 0 spiro atoms. The molecule has 5 heteroatoms. The maximum absolute atomic E-state index is 11.5. The highest BCUT2D eigenvalue weighted by atomic mass is 16.2. The predicted octanol–water partition coefficient (Wildman–Crippen LogP) is 2.03. The van der Waals surface area contributed by atoms with Crippen LogP contribution < -0.4 is 16.0 Å². The molecular weight excluding hydrogens is 242 g/mol. The SMILES string of the molecule is CNC(=O)NC(=O)C(C)NCCCCCCC(C)C. The number of unbranched alkanes of at least 4 members (excludes halogenated alkanes) is 3. The highest BCUT2D eigenvalue weighted by Gasteiger charge is 2.13. The molecule has 5 nitrogen and oxygen atoms in total. The van der Waals surface area contributed by atoms with Gasteiger partial charge in [-0.1, -0.05) is 39.5 Å². The minimum Gasteiger partial charge on any atom is -0.341 e. The zero-order valence-corrected chi connectivity index (χ0v) is 12.7. The van der Waals surface area contributed by atoms with E-state index in [1.165, 1.54) is 32.7 Å². The van der Waals surface area contributed by atoms with E-state index in [1.54, 1.807) is 6.92 Å². The minimum absolute atomic E-state index is 0.292. The summed E-state index contributed by atoms with van der Waals surface area (Å²) >= 11 is 0. The number of hydrogen-bond acceptors (Lipinski definition) is 3. The molecule has 0 saturated carbocycles. The lowest BCUT2D eigenvalue weighted by Gasteiger charge is -2.13. The van der Waals surface area contributed by atoms with Crippen LogP contribution in [-0.4, -0.2) is 31.6 Å². The third-order valence-electron chi connectivity index (χ3n) is 3.02. The fourth-order valence-electron chi connectivity index (χ4n) is 1.73. The van der Waals surface area contributed by atoms with Gasteiger partial charge in [0.1, 0.15) is 0 Å². The molecule has 0 radical (unpaired) electrons. The van der Waals surface area contributed by atoms with Gasteiger partial charge in [0.05, 0.1) is 6.04 Å². The maximum Gasteiger partial charge on any atom is 0.321 e. The Morgan fingerprint density at radius 1 is 1.00 bits per heavy atom. The first kappa shape index (κ1) is 17.9. The van der Waals surface area contributed by atoms with Crippen LogP contribution in [0.1, 0.15) is 52.9 Å². The smallest absolute Gasteiger partial charge is 0.321 e. The highest BCUT2D eigenvalue weighted by Crippen LogP contribution is 2.08. The molecule has 0 heterocycles. The first-order valence-corrected chi connectivity index (χ1v) is 7.23. The summed E-state index contributed by atoms with van der Waals surface area (Å²) < 4.78 is 0. The summed E-state index contributed by atoms with van der Waals surface area (Å²) in [6.07, 6.45) is 6.07. The van der Waals surface area contributed by atoms with Crippen LogP contribution in [0, 0.1) is 5.92 Å². The van der Waals surface area contributed by atoms with Gasteiger partial charge >= 0.3 is 6.03 Å². The molecule has 0 aliphatic heterocycles. The molecular formula is C14H29N3O2. The van der Waals surface area contributed by atoms with Gasteiger partial charge in [-0.25, -0.2) is 4.79 Å².